The van der Waals surface area contributed by atoms with Gasteiger partial charge in [-0.1, -0.05) is 51.6 Å². The molecule has 1 fully saturated rings. The number of alkyl halides is 2. The summed E-state index contributed by atoms with van der Waals surface area (Å²) in [6, 6.07) is 0. The van der Waals surface area contributed by atoms with E-state index >= 15 is 0 Å². The Hall–Kier alpha value is 0.400. The lowest BCUT2D eigenvalue weighted by Crippen LogP contribution is -2.36. The number of hydrogen-bond acceptors (Lipinski definition) is 4. The van der Waals surface area contributed by atoms with Gasteiger partial charge in [-0.05, 0) is 32.6 Å². The van der Waals surface area contributed by atoms with E-state index in [4.69, 9.17) is 9.47 Å². The molecule has 0 amide bonds. The molecule has 0 radical (unpaired) electrons. The van der Waals surface area contributed by atoms with Gasteiger partial charge in [-0.2, -0.15) is 0 Å². The van der Waals surface area contributed by atoms with Gasteiger partial charge in [0.15, 0.2) is 0 Å². The van der Waals surface area contributed by atoms with E-state index in [2.05, 4.69) is 45.2 Å². The summed E-state index contributed by atoms with van der Waals surface area (Å²) in [6.45, 7) is 2.24. The second-order valence-electron chi connectivity index (χ2n) is 4.70. The summed E-state index contributed by atoms with van der Waals surface area (Å²) in [5.74, 6) is -0.242. The molecule has 1 rings (SSSR count). The van der Waals surface area contributed by atoms with Gasteiger partial charge in [-0.25, -0.2) is 0 Å². The Morgan fingerprint density at radius 1 is 1.47 bits per heavy atom. The van der Waals surface area contributed by atoms with E-state index in [9.17, 15) is 9.59 Å². The first-order valence-electron chi connectivity index (χ1n) is 6.63. The van der Waals surface area contributed by atoms with Gasteiger partial charge in [0.25, 0.3) is 0 Å². The summed E-state index contributed by atoms with van der Waals surface area (Å²) in [5.41, 5.74) is 0. The van der Waals surface area contributed by atoms with Crippen molar-refractivity contribution >= 4 is 57.1 Å². The Morgan fingerprint density at radius 3 is 2.84 bits per heavy atom. The Kier molecular flexibility index (Phi) is 7.93. The van der Waals surface area contributed by atoms with E-state index in [1.165, 1.54) is 0 Å². The number of rotatable bonds is 3. The summed E-state index contributed by atoms with van der Waals surface area (Å²) in [7, 11) is 0. The fourth-order valence-electron chi connectivity index (χ4n) is 2.07. The molecule has 0 spiro atoms. The predicted molar refractivity (Wildman–Crippen MR) is 89.9 cm³/mol. The fourth-order valence-corrected chi connectivity index (χ4v) is 3.53. The second kappa shape index (κ2) is 8.63. The van der Waals surface area contributed by atoms with Crippen LogP contribution in [-0.4, -0.2) is 32.5 Å². The first-order valence-corrected chi connectivity index (χ1v) is 9.24. The van der Waals surface area contributed by atoms with Gasteiger partial charge < -0.3 is 9.47 Å². The number of carbonyl (C=O) groups is 2. The van der Waals surface area contributed by atoms with Gasteiger partial charge in [0, 0.05) is 10.8 Å². The maximum absolute atomic E-state index is 12.1. The van der Waals surface area contributed by atoms with Crippen LogP contribution in [0.5, 0.6) is 0 Å². The molecule has 19 heavy (non-hydrogen) atoms. The number of ether oxygens (including phenoxy) is 2. The molecule has 1 aliphatic heterocycles. The molecule has 0 saturated carbocycles. The van der Waals surface area contributed by atoms with Crippen molar-refractivity contribution in [3.63, 3.8) is 0 Å². The topological polar surface area (TPSA) is 52.6 Å². The van der Waals surface area contributed by atoms with E-state index in [-0.39, 0.29) is 18.0 Å². The molecule has 0 bridgehead atoms. The molecule has 2 atom stereocenters. The zero-order chi connectivity index (χ0) is 14.3. The predicted octanol–water partition coefficient (Wildman–Crippen LogP) is 3.42. The zero-order valence-electron chi connectivity index (χ0n) is 11.1. The van der Waals surface area contributed by atoms with Crippen LogP contribution in [0.4, 0.5) is 0 Å². The van der Waals surface area contributed by atoms with Gasteiger partial charge in [0.2, 0.25) is 0 Å². The van der Waals surface area contributed by atoms with Crippen molar-refractivity contribution in [1.29, 1.82) is 0 Å². The quantitative estimate of drug-likeness (QED) is 0.343. The molecule has 2 unspecified atom stereocenters. The molecular formula is C13H20I2O4. The largest absolute Gasteiger partial charge is 0.465 e. The van der Waals surface area contributed by atoms with Crippen LogP contribution in [0, 0.1) is 0 Å². The number of carbonyl (C=O) groups excluding carboxylic acids is 2. The van der Waals surface area contributed by atoms with Crippen LogP contribution in [-0.2, 0) is 19.1 Å². The third-order valence-electron chi connectivity index (χ3n) is 3.18. The Bertz CT molecular complexity index is 322. The molecule has 0 aromatic heterocycles. The SMILES string of the molecule is CCOC(=O)C1(I)CCCCC(=O)OC(CI)CC1. The molecule has 4 nitrogen and oxygen atoms in total. The van der Waals surface area contributed by atoms with Crippen LogP contribution in [0.25, 0.3) is 0 Å². The summed E-state index contributed by atoms with van der Waals surface area (Å²) in [6.07, 6.45) is 4.18. The van der Waals surface area contributed by atoms with Crippen molar-refractivity contribution in [2.75, 3.05) is 11.0 Å². The Labute approximate surface area is 141 Å². The van der Waals surface area contributed by atoms with Crippen LogP contribution < -0.4 is 0 Å². The van der Waals surface area contributed by atoms with E-state index < -0.39 is 3.42 Å². The first-order chi connectivity index (χ1) is 9.01. The summed E-state index contributed by atoms with van der Waals surface area (Å²) in [4.78, 5) is 23.7. The van der Waals surface area contributed by atoms with Gasteiger partial charge in [-0.3, -0.25) is 9.59 Å². The standard InChI is InChI=1S/C13H20I2O4/c1-2-18-12(17)13(15)7-4-3-5-11(16)19-10(9-14)6-8-13/h10H,2-9H2,1H3. The monoisotopic (exact) mass is 494 g/mol. The highest BCUT2D eigenvalue weighted by molar-refractivity contribution is 14.1. The molecule has 1 heterocycles. The smallest absolute Gasteiger partial charge is 0.322 e. The molecule has 1 aliphatic rings. The van der Waals surface area contributed by atoms with E-state index in [0.29, 0.717) is 19.4 Å². The van der Waals surface area contributed by atoms with Crippen molar-refractivity contribution in [3.8, 4) is 0 Å². The van der Waals surface area contributed by atoms with E-state index in [1.807, 2.05) is 6.92 Å². The van der Waals surface area contributed by atoms with Crippen molar-refractivity contribution in [1.82, 2.24) is 0 Å². The minimum absolute atomic E-state index is 0.0882. The third-order valence-corrected chi connectivity index (χ3v) is 5.68. The zero-order valence-corrected chi connectivity index (χ0v) is 15.4. The average molecular weight is 494 g/mol. The maximum atomic E-state index is 12.1. The minimum Gasteiger partial charge on any atom is -0.465 e. The Morgan fingerprint density at radius 2 is 2.21 bits per heavy atom. The molecule has 0 N–H and O–H groups in total. The number of halogens is 2. The van der Waals surface area contributed by atoms with Crippen molar-refractivity contribution in [3.05, 3.63) is 0 Å². The lowest BCUT2D eigenvalue weighted by atomic mass is 9.94. The normalized spacial score (nSPS) is 29.4. The van der Waals surface area contributed by atoms with Crippen molar-refractivity contribution < 1.29 is 19.1 Å². The van der Waals surface area contributed by atoms with E-state index in [0.717, 1.165) is 30.1 Å². The average Bonchev–Trinajstić information content (AvgIpc) is 2.39. The van der Waals surface area contributed by atoms with E-state index in [1.54, 1.807) is 0 Å². The summed E-state index contributed by atoms with van der Waals surface area (Å²) in [5, 5.41) is 0. The highest BCUT2D eigenvalue weighted by Crippen LogP contribution is 2.34. The van der Waals surface area contributed by atoms with Crippen LogP contribution in [0.15, 0.2) is 0 Å². The molecule has 6 heteroatoms. The van der Waals surface area contributed by atoms with Crippen molar-refractivity contribution in [2.45, 2.75) is 55.0 Å². The molecule has 0 aromatic carbocycles. The second-order valence-corrected chi connectivity index (χ2v) is 7.64. The highest BCUT2D eigenvalue weighted by atomic mass is 127. The number of cyclic esters (lactones) is 1. The molecule has 110 valence electrons. The lowest BCUT2D eigenvalue weighted by molar-refractivity contribution is -0.149. The van der Waals surface area contributed by atoms with Crippen LogP contribution in [0.1, 0.15) is 45.4 Å². The van der Waals surface area contributed by atoms with Crippen LogP contribution in [0.3, 0.4) is 0 Å². The Balaban J connectivity index is 2.72. The van der Waals surface area contributed by atoms with Crippen LogP contribution >= 0.6 is 45.2 Å². The number of esters is 2. The summed E-state index contributed by atoms with van der Waals surface area (Å²) >= 11 is 4.44. The number of hydrogen-bond donors (Lipinski definition) is 0. The molecule has 1 saturated heterocycles. The minimum atomic E-state index is -0.471. The maximum Gasteiger partial charge on any atom is 0.322 e. The van der Waals surface area contributed by atoms with Crippen molar-refractivity contribution in [2.24, 2.45) is 0 Å². The van der Waals surface area contributed by atoms with Gasteiger partial charge in [0.1, 0.15) is 9.53 Å². The molecule has 0 aliphatic carbocycles. The van der Waals surface area contributed by atoms with Gasteiger partial charge >= 0.3 is 11.9 Å². The molecular weight excluding hydrogens is 474 g/mol. The lowest BCUT2D eigenvalue weighted by Gasteiger charge is -2.28. The van der Waals surface area contributed by atoms with Gasteiger partial charge in [-0.15, -0.1) is 0 Å². The van der Waals surface area contributed by atoms with Crippen LogP contribution in [0.2, 0.25) is 0 Å². The van der Waals surface area contributed by atoms with Gasteiger partial charge in [0.05, 0.1) is 6.61 Å². The highest BCUT2D eigenvalue weighted by Gasteiger charge is 2.37. The summed E-state index contributed by atoms with van der Waals surface area (Å²) < 4.78 is 10.9. The third kappa shape index (κ3) is 5.73. The fraction of sp³-hybridized carbons (Fsp3) is 0.846. The first kappa shape index (κ1) is 17.5. The molecule has 0 aromatic rings.